The molecule has 8 heteroatoms. The van der Waals surface area contributed by atoms with Crippen LogP contribution in [0.2, 0.25) is 0 Å². The van der Waals surface area contributed by atoms with Crippen LogP contribution in [0.25, 0.3) is 21.5 Å². The quantitative estimate of drug-likeness (QED) is 0.100. The molecule has 0 unspecified atom stereocenters. The number of hydrogen-bond acceptors (Lipinski definition) is 4. The van der Waals surface area contributed by atoms with E-state index in [1.54, 1.807) is 18.3 Å². The molecular formula is C30H24IN3O3S. The third kappa shape index (κ3) is 5.93. The zero-order valence-electron chi connectivity index (χ0n) is 20.2. The third-order valence-corrected chi connectivity index (χ3v) is 8.41. The predicted octanol–water partition coefficient (Wildman–Crippen LogP) is 5.64. The number of benzene rings is 5. The van der Waals surface area contributed by atoms with Crippen LogP contribution in [-0.2, 0) is 21.2 Å². The molecule has 0 saturated heterocycles. The maximum atomic E-state index is 13.3. The molecule has 0 spiro atoms. The number of hydrazone groups is 1. The zero-order chi connectivity index (χ0) is 26.5. The Bertz CT molecular complexity index is 1680. The second-order valence-corrected chi connectivity index (χ2v) is 11.7. The molecule has 6 nitrogen and oxygen atoms in total. The number of nitrogens with zero attached hydrogens (tertiary/aromatic N) is 1. The van der Waals surface area contributed by atoms with Gasteiger partial charge in [0.25, 0.3) is 5.91 Å². The summed E-state index contributed by atoms with van der Waals surface area (Å²) in [6.07, 6.45) is 1.79. The van der Waals surface area contributed by atoms with Crippen molar-refractivity contribution in [3.63, 3.8) is 0 Å². The molecule has 0 heterocycles. The van der Waals surface area contributed by atoms with Crippen LogP contribution in [0, 0.1) is 3.57 Å². The van der Waals surface area contributed by atoms with Gasteiger partial charge in [-0.2, -0.15) is 9.82 Å². The monoisotopic (exact) mass is 633 g/mol. The number of amides is 1. The normalized spacial score (nSPS) is 12.7. The van der Waals surface area contributed by atoms with Crippen LogP contribution in [0.5, 0.6) is 0 Å². The van der Waals surface area contributed by atoms with Gasteiger partial charge in [0.15, 0.2) is 0 Å². The van der Waals surface area contributed by atoms with Crippen LogP contribution >= 0.6 is 22.6 Å². The van der Waals surface area contributed by atoms with E-state index in [0.717, 1.165) is 36.2 Å². The Morgan fingerprint density at radius 1 is 0.816 bits per heavy atom. The molecule has 5 aromatic carbocycles. The fraction of sp³-hybridized carbons (Fsp3) is 0.0667. The van der Waals surface area contributed by atoms with Gasteiger partial charge in [-0.1, -0.05) is 78.9 Å². The van der Waals surface area contributed by atoms with E-state index in [2.05, 4.69) is 43.9 Å². The first-order chi connectivity index (χ1) is 18.4. The van der Waals surface area contributed by atoms with E-state index in [1.807, 2.05) is 78.9 Å². The summed E-state index contributed by atoms with van der Waals surface area (Å²) in [7, 11) is -3.94. The van der Waals surface area contributed by atoms with E-state index in [-0.39, 0.29) is 11.3 Å². The molecule has 0 radical (unpaired) electrons. The van der Waals surface area contributed by atoms with Crippen molar-refractivity contribution in [1.82, 2.24) is 10.1 Å². The average Bonchev–Trinajstić information content (AvgIpc) is 2.93. The first-order valence-corrected chi connectivity index (χ1v) is 14.5. The van der Waals surface area contributed by atoms with Crippen molar-refractivity contribution in [1.29, 1.82) is 0 Å². The molecule has 2 N–H and O–H groups in total. The third-order valence-electron chi connectivity index (χ3n) is 6.20. The molecule has 0 fully saturated rings. The Morgan fingerprint density at radius 3 is 2.03 bits per heavy atom. The first-order valence-electron chi connectivity index (χ1n) is 12.0. The number of halogens is 1. The molecule has 1 amide bonds. The van der Waals surface area contributed by atoms with Gasteiger partial charge >= 0.3 is 0 Å². The molecule has 5 rings (SSSR count). The number of carbonyl (C=O) groups excluding carboxylic acids is 1. The number of rotatable bonds is 8. The van der Waals surface area contributed by atoms with Gasteiger partial charge in [-0.3, -0.25) is 4.79 Å². The van der Waals surface area contributed by atoms with E-state index >= 15 is 0 Å². The van der Waals surface area contributed by atoms with Crippen LogP contribution in [-0.4, -0.2) is 26.6 Å². The predicted molar refractivity (Wildman–Crippen MR) is 161 cm³/mol. The largest absolute Gasteiger partial charge is 0.271 e. The minimum atomic E-state index is -3.94. The van der Waals surface area contributed by atoms with Gasteiger partial charge in [-0.25, -0.2) is 13.8 Å². The Labute approximate surface area is 235 Å². The van der Waals surface area contributed by atoms with Gasteiger partial charge in [-0.15, -0.1) is 0 Å². The van der Waals surface area contributed by atoms with Crippen LogP contribution in [0.3, 0.4) is 0 Å². The average molecular weight is 634 g/mol. The van der Waals surface area contributed by atoms with Gasteiger partial charge in [0.2, 0.25) is 10.0 Å². The van der Waals surface area contributed by atoms with Crippen molar-refractivity contribution < 1.29 is 13.2 Å². The number of hydrogen-bond donors (Lipinski definition) is 2. The number of carbonyl (C=O) groups is 1. The SMILES string of the molecule is O=C(N/N=C\c1c2ccccc2cc2ccccc12)[C@@H](Cc1ccccc1)NS(=O)(=O)c1ccc(I)cc1. The summed E-state index contributed by atoms with van der Waals surface area (Å²) in [6, 6.07) is 32.8. The van der Waals surface area contributed by atoms with Gasteiger partial charge in [0.1, 0.15) is 6.04 Å². The Morgan fingerprint density at radius 2 is 1.39 bits per heavy atom. The molecular weight excluding hydrogens is 609 g/mol. The Hall–Kier alpha value is -3.60. The van der Waals surface area contributed by atoms with Crippen molar-refractivity contribution in [3.05, 3.63) is 124 Å². The van der Waals surface area contributed by atoms with Gasteiger partial charge < -0.3 is 0 Å². The number of nitrogens with one attached hydrogen (secondary N) is 2. The molecule has 1 atom stereocenters. The summed E-state index contributed by atoms with van der Waals surface area (Å²) < 4.78 is 29.7. The molecule has 0 aliphatic heterocycles. The molecule has 0 bridgehead atoms. The Kier molecular flexibility index (Phi) is 7.82. The van der Waals surface area contributed by atoms with Crippen LogP contribution in [0.15, 0.2) is 119 Å². The van der Waals surface area contributed by atoms with Crippen molar-refractivity contribution in [2.24, 2.45) is 5.10 Å². The zero-order valence-corrected chi connectivity index (χ0v) is 23.2. The Balaban J connectivity index is 1.43. The standard InChI is InChI=1S/C30H24IN3O3S/c31-24-14-16-25(17-15-24)38(36,37)34-29(18-21-8-2-1-3-9-21)30(35)33-32-20-28-26-12-6-4-10-22(26)19-23-11-5-7-13-27(23)28/h1-17,19-20,29,34H,18H2,(H,33,35)/b32-20-/t29-/m1/s1. The highest BCUT2D eigenvalue weighted by molar-refractivity contribution is 14.1. The van der Waals surface area contributed by atoms with Gasteiger partial charge in [0.05, 0.1) is 11.1 Å². The lowest BCUT2D eigenvalue weighted by molar-refractivity contribution is -0.122. The highest BCUT2D eigenvalue weighted by atomic mass is 127. The lowest BCUT2D eigenvalue weighted by atomic mass is 9.97. The fourth-order valence-corrected chi connectivity index (χ4v) is 5.89. The summed E-state index contributed by atoms with van der Waals surface area (Å²) in [5.74, 6) is -0.552. The smallest absolute Gasteiger partial charge is 0.258 e. The van der Waals surface area contributed by atoms with Crippen molar-refractivity contribution in [2.75, 3.05) is 0 Å². The minimum Gasteiger partial charge on any atom is -0.271 e. The second kappa shape index (κ2) is 11.4. The van der Waals surface area contributed by atoms with Crippen LogP contribution in [0.4, 0.5) is 0 Å². The lowest BCUT2D eigenvalue weighted by Crippen LogP contribution is -2.46. The highest BCUT2D eigenvalue weighted by Crippen LogP contribution is 2.27. The molecule has 38 heavy (non-hydrogen) atoms. The van der Waals surface area contributed by atoms with E-state index in [1.165, 1.54) is 12.1 Å². The number of sulfonamides is 1. The van der Waals surface area contributed by atoms with Crippen LogP contribution < -0.4 is 10.1 Å². The summed E-state index contributed by atoms with van der Waals surface area (Å²) >= 11 is 2.11. The molecule has 5 aromatic rings. The second-order valence-electron chi connectivity index (χ2n) is 8.78. The van der Waals surface area contributed by atoms with Crippen molar-refractivity contribution in [2.45, 2.75) is 17.4 Å². The molecule has 0 aromatic heterocycles. The highest BCUT2D eigenvalue weighted by Gasteiger charge is 2.26. The molecule has 0 aliphatic rings. The maximum Gasteiger partial charge on any atom is 0.258 e. The molecule has 190 valence electrons. The van der Waals surface area contributed by atoms with E-state index in [4.69, 9.17) is 0 Å². The van der Waals surface area contributed by atoms with E-state index < -0.39 is 22.0 Å². The summed E-state index contributed by atoms with van der Waals surface area (Å²) in [4.78, 5) is 13.4. The summed E-state index contributed by atoms with van der Waals surface area (Å²) in [5.41, 5.74) is 4.26. The maximum absolute atomic E-state index is 13.3. The molecule has 0 aliphatic carbocycles. The van der Waals surface area contributed by atoms with E-state index in [9.17, 15) is 13.2 Å². The van der Waals surface area contributed by atoms with Crippen molar-refractivity contribution >= 4 is 66.3 Å². The van der Waals surface area contributed by atoms with Crippen molar-refractivity contribution in [3.8, 4) is 0 Å². The lowest BCUT2D eigenvalue weighted by Gasteiger charge is -2.17. The van der Waals surface area contributed by atoms with Gasteiger partial charge in [-0.05, 0) is 86.5 Å². The number of fused-ring (bicyclic) bond motifs is 2. The van der Waals surface area contributed by atoms with Crippen LogP contribution in [0.1, 0.15) is 11.1 Å². The first kappa shape index (κ1) is 26.0. The topological polar surface area (TPSA) is 87.6 Å². The fourth-order valence-electron chi connectivity index (χ4n) is 4.33. The minimum absolute atomic E-state index is 0.0921. The summed E-state index contributed by atoms with van der Waals surface area (Å²) in [6.45, 7) is 0. The summed E-state index contributed by atoms with van der Waals surface area (Å²) in [5, 5.41) is 8.39. The molecule has 0 saturated carbocycles. The van der Waals surface area contributed by atoms with Gasteiger partial charge in [0, 0.05) is 9.13 Å². The van der Waals surface area contributed by atoms with E-state index in [0.29, 0.717) is 0 Å².